The van der Waals surface area contributed by atoms with Gasteiger partial charge in [0.05, 0.1) is 0 Å². The molecular weight excluding hydrogens is 246 g/mol. The highest BCUT2D eigenvalue weighted by Gasteiger charge is 2.27. The van der Waals surface area contributed by atoms with E-state index in [1.165, 1.54) is 36.9 Å². The monoisotopic (exact) mass is 273 g/mol. The van der Waals surface area contributed by atoms with Crippen molar-refractivity contribution >= 4 is 0 Å². The van der Waals surface area contributed by atoms with Gasteiger partial charge in [-0.15, -0.1) is 0 Å². The second-order valence-electron chi connectivity index (χ2n) is 6.49. The average molecular weight is 273 g/mol. The van der Waals surface area contributed by atoms with Gasteiger partial charge in [-0.1, -0.05) is 26.7 Å². The van der Waals surface area contributed by atoms with Crippen LogP contribution in [0.5, 0.6) is 0 Å². The minimum Gasteiger partial charge on any atom is -0.340 e. The van der Waals surface area contributed by atoms with Crippen LogP contribution in [0, 0.1) is 30.1 Å². The molecule has 0 saturated heterocycles. The van der Waals surface area contributed by atoms with Gasteiger partial charge in [0.1, 0.15) is 11.8 Å². The second kappa shape index (κ2) is 6.45. The van der Waals surface area contributed by atoms with E-state index in [4.69, 9.17) is 5.26 Å². The molecule has 0 radical (unpaired) electrons. The maximum atomic E-state index is 9.10. The Morgan fingerprint density at radius 3 is 2.70 bits per heavy atom. The minimum absolute atomic E-state index is 0.633. The molecule has 2 atom stereocenters. The van der Waals surface area contributed by atoms with Crippen molar-refractivity contribution in [3.63, 3.8) is 0 Å². The van der Waals surface area contributed by atoms with E-state index in [2.05, 4.69) is 32.2 Å². The van der Waals surface area contributed by atoms with Crippen molar-refractivity contribution < 1.29 is 0 Å². The summed E-state index contributed by atoms with van der Waals surface area (Å²) < 4.78 is 1.98. The van der Waals surface area contributed by atoms with Crippen LogP contribution in [0.15, 0.2) is 6.07 Å². The third-order valence-electron chi connectivity index (χ3n) is 4.99. The Hall–Kier alpha value is -1.27. The summed E-state index contributed by atoms with van der Waals surface area (Å²) in [5.74, 6) is 1.54. The lowest BCUT2D eigenvalue weighted by molar-refractivity contribution is 0.204. The van der Waals surface area contributed by atoms with Gasteiger partial charge in [0.25, 0.3) is 0 Å². The molecule has 3 nitrogen and oxygen atoms in total. The van der Waals surface area contributed by atoms with E-state index < -0.39 is 0 Å². The highest BCUT2D eigenvalue weighted by atomic mass is 15.0. The van der Waals surface area contributed by atoms with E-state index in [1.54, 1.807) is 0 Å². The minimum atomic E-state index is 0.633. The van der Waals surface area contributed by atoms with E-state index in [0.29, 0.717) is 6.04 Å². The SMILES string of the molecule is Cc1c(CNC2CCCCC2C(C)C)cc(C#N)n1C. The van der Waals surface area contributed by atoms with Crippen LogP contribution in [-0.2, 0) is 13.6 Å². The van der Waals surface area contributed by atoms with Crippen LogP contribution in [0.3, 0.4) is 0 Å². The quantitative estimate of drug-likeness (QED) is 0.912. The fourth-order valence-electron chi connectivity index (χ4n) is 3.50. The zero-order chi connectivity index (χ0) is 14.7. The van der Waals surface area contributed by atoms with Gasteiger partial charge in [-0.05, 0) is 43.2 Å². The molecule has 1 aromatic rings. The smallest absolute Gasteiger partial charge is 0.120 e. The van der Waals surface area contributed by atoms with E-state index in [-0.39, 0.29) is 0 Å². The summed E-state index contributed by atoms with van der Waals surface area (Å²) in [4.78, 5) is 0. The average Bonchev–Trinajstić information content (AvgIpc) is 2.72. The molecule has 1 N–H and O–H groups in total. The zero-order valence-electron chi connectivity index (χ0n) is 13.2. The van der Waals surface area contributed by atoms with E-state index in [9.17, 15) is 0 Å². The van der Waals surface area contributed by atoms with Crippen molar-refractivity contribution in [2.45, 2.75) is 59.0 Å². The van der Waals surface area contributed by atoms with Crippen LogP contribution >= 0.6 is 0 Å². The number of hydrogen-bond acceptors (Lipinski definition) is 2. The molecule has 1 aliphatic rings. The molecule has 2 rings (SSSR count). The molecule has 1 saturated carbocycles. The molecule has 1 fully saturated rings. The van der Waals surface area contributed by atoms with Crippen LogP contribution in [0.25, 0.3) is 0 Å². The van der Waals surface area contributed by atoms with Gasteiger partial charge < -0.3 is 9.88 Å². The molecule has 0 aromatic carbocycles. The maximum absolute atomic E-state index is 9.10. The number of nitrogens with zero attached hydrogens (tertiary/aromatic N) is 2. The third-order valence-corrected chi connectivity index (χ3v) is 4.99. The number of hydrogen-bond donors (Lipinski definition) is 1. The van der Waals surface area contributed by atoms with Gasteiger partial charge in [-0.3, -0.25) is 0 Å². The molecule has 0 spiro atoms. The lowest BCUT2D eigenvalue weighted by atomic mass is 9.78. The summed E-state index contributed by atoms with van der Waals surface area (Å²) in [6.07, 6.45) is 5.37. The molecule has 1 heterocycles. The molecule has 0 bridgehead atoms. The molecule has 0 amide bonds. The lowest BCUT2D eigenvalue weighted by Crippen LogP contribution is -2.40. The summed E-state index contributed by atoms with van der Waals surface area (Å²) in [6, 6.07) is 4.91. The van der Waals surface area contributed by atoms with Crippen molar-refractivity contribution in [3.05, 3.63) is 23.0 Å². The first-order valence-corrected chi connectivity index (χ1v) is 7.83. The highest BCUT2D eigenvalue weighted by Crippen LogP contribution is 2.30. The van der Waals surface area contributed by atoms with Gasteiger partial charge in [0.15, 0.2) is 0 Å². The van der Waals surface area contributed by atoms with Crippen molar-refractivity contribution in [2.75, 3.05) is 0 Å². The molecule has 20 heavy (non-hydrogen) atoms. The first-order chi connectivity index (χ1) is 9.54. The van der Waals surface area contributed by atoms with Crippen molar-refractivity contribution in [2.24, 2.45) is 18.9 Å². The Labute approximate surface area is 123 Å². The van der Waals surface area contributed by atoms with Crippen molar-refractivity contribution in [1.29, 1.82) is 5.26 Å². The first-order valence-electron chi connectivity index (χ1n) is 7.83. The fourth-order valence-corrected chi connectivity index (χ4v) is 3.50. The summed E-state index contributed by atoms with van der Waals surface area (Å²) in [5, 5.41) is 12.8. The van der Waals surface area contributed by atoms with Gasteiger partial charge in [0, 0.05) is 25.3 Å². The summed E-state index contributed by atoms with van der Waals surface area (Å²) in [7, 11) is 1.97. The molecule has 110 valence electrons. The Kier molecular flexibility index (Phi) is 4.88. The van der Waals surface area contributed by atoms with E-state index in [1.807, 2.05) is 17.7 Å². The van der Waals surface area contributed by atoms with Crippen LogP contribution in [0.4, 0.5) is 0 Å². The second-order valence-corrected chi connectivity index (χ2v) is 6.49. The molecule has 3 heteroatoms. The van der Waals surface area contributed by atoms with Crippen LogP contribution < -0.4 is 5.32 Å². The van der Waals surface area contributed by atoms with Crippen molar-refractivity contribution in [1.82, 2.24) is 9.88 Å². The summed E-state index contributed by atoms with van der Waals surface area (Å²) >= 11 is 0. The predicted molar refractivity (Wildman–Crippen MR) is 82.3 cm³/mol. The molecule has 1 aromatic heterocycles. The van der Waals surface area contributed by atoms with Gasteiger partial charge in [0.2, 0.25) is 0 Å². The van der Waals surface area contributed by atoms with Crippen molar-refractivity contribution in [3.8, 4) is 6.07 Å². The normalized spacial score (nSPS) is 23.0. The summed E-state index contributed by atoms with van der Waals surface area (Å²) in [5.41, 5.74) is 3.21. The van der Waals surface area contributed by atoms with E-state index in [0.717, 1.165) is 24.1 Å². The third kappa shape index (κ3) is 3.07. The van der Waals surface area contributed by atoms with Gasteiger partial charge in [-0.25, -0.2) is 0 Å². The fraction of sp³-hybridized carbons (Fsp3) is 0.706. The van der Waals surface area contributed by atoms with Crippen LogP contribution in [0.2, 0.25) is 0 Å². The number of rotatable bonds is 4. The summed E-state index contributed by atoms with van der Waals surface area (Å²) in [6.45, 7) is 7.66. The Morgan fingerprint density at radius 1 is 1.40 bits per heavy atom. The topological polar surface area (TPSA) is 40.8 Å². The van der Waals surface area contributed by atoms with E-state index >= 15 is 0 Å². The Bertz CT molecular complexity index is 493. The molecule has 0 aliphatic heterocycles. The Balaban J connectivity index is 2.02. The number of nitriles is 1. The maximum Gasteiger partial charge on any atom is 0.120 e. The Morgan fingerprint density at radius 2 is 2.10 bits per heavy atom. The first kappa shape index (κ1) is 15.1. The van der Waals surface area contributed by atoms with Gasteiger partial charge >= 0.3 is 0 Å². The largest absolute Gasteiger partial charge is 0.340 e. The molecular formula is C17H27N3. The standard InChI is InChI=1S/C17H27N3/c1-12(2)16-7-5-6-8-17(16)19-11-14-9-15(10-18)20(4)13(14)3/h9,12,16-17,19H,5-8,11H2,1-4H3. The van der Waals surface area contributed by atoms with Crippen LogP contribution in [0.1, 0.15) is 56.5 Å². The molecule has 1 aliphatic carbocycles. The zero-order valence-corrected chi connectivity index (χ0v) is 13.2. The molecule has 2 unspecified atom stereocenters. The lowest BCUT2D eigenvalue weighted by Gasteiger charge is -2.35. The van der Waals surface area contributed by atoms with Gasteiger partial charge in [-0.2, -0.15) is 5.26 Å². The van der Waals surface area contributed by atoms with Crippen LogP contribution in [-0.4, -0.2) is 10.6 Å². The number of nitrogens with one attached hydrogen (secondary N) is 1. The highest BCUT2D eigenvalue weighted by molar-refractivity contribution is 5.34. The predicted octanol–water partition coefficient (Wildman–Crippen LogP) is 3.51. The number of aromatic nitrogens is 1.